The van der Waals surface area contributed by atoms with Crippen LogP contribution in [-0.4, -0.2) is 53.4 Å². The summed E-state index contributed by atoms with van der Waals surface area (Å²) in [4.78, 5) is 18.6. The number of aromatic amines is 1. The van der Waals surface area contributed by atoms with Crippen LogP contribution in [0.4, 0.5) is 0 Å². The highest BCUT2D eigenvalue weighted by Gasteiger charge is 2.40. The Morgan fingerprint density at radius 1 is 1.09 bits per heavy atom. The van der Waals surface area contributed by atoms with E-state index in [1.54, 1.807) is 11.8 Å². The summed E-state index contributed by atoms with van der Waals surface area (Å²) in [6, 6.07) is 15.3. The lowest BCUT2D eigenvalue weighted by Gasteiger charge is -2.38. The van der Waals surface area contributed by atoms with Crippen molar-refractivity contribution in [3.05, 3.63) is 77.5 Å². The van der Waals surface area contributed by atoms with Crippen molar-refractivity contribution in [1.29, 1.82) is 0 Å². The Kier molecular flexibility index (Phi) is 5.39. The molecule has 0 aliphatic carbocycles. The van der Waals surface area contributed by atoms with Gasteiger partial charge in [0.25, 0.3) is 0 Å². The fourth-order valence-electron chi connectivity index (χ4n) is 4.83. The average Bonchev–Trinajstić information content (AvgIpc) is 3.27. The van der Waals surface area contributed by atoms with E-state index in [9.17, 15) is 13.2 Å². The largest absolute Gasteiger partial charge is 0.361 e. The molecule has 0 saturated carbocycles. The molecule has 32 heavy (non-hydrogen) atoms. The minimum absolute atomic E-state index is 0.0104. The molecule has 2 aliphatic heterocycles. The first-order chi connectivity index (χ1) is 15.5. The molecule has 1 aromatic heterocycles. The minimum Gasteiger partial charge on any atom is -0.361 e. The monoisotopic (exact) mass is 449 g/mol. The van der Waals surface area contributed by atoms with Crippen molar-refractivity contribution in [1.82, 2.24) is 14.2 Å². The molecule has 0 radical (unpaired) electrons. The maximum Gasteiger partial charge on any atom is 0.241 e. The van der Waals surface area contributed by atoms with Crippen molar-refractivity contribution in [2.45, 2.75) is 32.4 Å². The number of para-hydroxylation sites is 1. The van der Waals surface area contributed by atoms with Gasteiger partial charge in [-0.3, -0.25) is 4.79 Å². The van der Waals surface area contributed by atoms with Crippen molar-refractivity contribution < 1.29 is 13.2 Å². The van der Waals surface area contributed by atoms with Crippen LogP contribution in [0.2, 0.25) is 0 Å². The van der Waals surface area contributed by atoms with E-state index in [4.69, 9.17) is 0 Å². The third-order valence-electron chi connectivity index (χ3n) is 6.67. The smallest absolute Gasteiger partial charge is 0.241 e. The van der Waals surface area contributed by atoms with Crippen molar-refractivity contribution in [2.75, 3.05) is 18.8 Å². The van der Waals surface area contributed by atoms with Gasteiger partial charge >= 0.3 is 0 Å². The summed E-state index contributed by atoms with van der Waals surface area (Å²) in [5, 5.41) is 1.18. The predicted octanol–water partition coefficient (Wildman–Crippen LogP) is 3.56. The van der Waals surface area contributed by atoms with E-state index >= 15 is 0 Å². The third kappa shape index (κ3) is 3.65. The lowest BCUT2D eigenvalue weighted by Crippen LogP contribution is -2.54. The second kappa shape index (κ2) is 8.22. The van der Waals surface area contributed by atoms with Crippen LogP contribution >= 0.6 is 0 Å². The van der Waals surface area contributed by atoms with Crippen LogP contribution in [0.1, 0.15) is 30.0 Å². The summed E-state index contributed by atoms with van der Waals surface area (Å²) in [6.07, 6.45) is 5.30. The Hall–Kier alpha value is -2.90. The van der Waals surface area contributed by atoms with E-state index in [1.807, 2.05) is 42.6 Å². The fourth-order valence-corrected chi connectivity index (χ4v) is 6.05. The summed E-state index contributed by atoms with van der Waals surface area (Å²) in [7, 11) is -3.50. The molecule has 3 aromatic rings. The van der Waals surface area contributed by atoms with Gasteiger partial charge in [0.15, 0.2) is 0 Å². The van der Waals surface area contributed by atoms with Crippen molar-refractivity contribution in [3.63, 3.8) is 0 Å². The van der Waals surface area contributed by atoms with Crippen LogP contribution in [-0.2, 0) is 27.8 Å². The van der Waals surface area contributed by atoms with Gasteiger partial charge in [-0.25, -0.2) is 8.42 Å². The fraction of sp³-hybridized carbons (Fsp3) is 0.320. The molecule has 3 heterocycles. The zero-order chi connectivity index (χ0) is 22.3. The lowest BCUT2D eigenvalue weighted by atomic mass is 9.94. The van der Waals surface area contributed by atoms with Gasteiger partial charge in [0, 0.05) is 42.3 Å². The van der Waals surface area contributed by atoms with Crippen molar-refractivity contribution in [3.8, 4) is 0 Å². The number of carbonyl (C=O) groups is 1. The van der Waals surface area contributed by atoms with E-state index in [-0.39, 0.29) is 18.2 Å². The van der Waals surface area contributed by atoms with Gasteiger partial charge in [-0.15, -0.1) is 0 Å². The molecule has 2 aromatic carbocycles. The van der Waals surface area contributed by atoms with Gasteiger partial charge in [0.2, 0.25) is 15.9 Å². The molecule has 0 spiro atoms. The topological polar surface area (TPSA) is 73.5 Å². The Labute approximate surface area is 188 Å². The molecular formula is C25H27N3O3S. The first-order valence-corrected chi connectivity index (χ1v) is 12.7. The number of benzene rings is 2. The Bertz CT molecular complexity index is 1310. The molecule has 166 valence electrons. The first kappa shape index (κ1) is 21.0. The quantitative estimate of drug-likeness (QED) is 0.662. The third-order valence-corrected chi connectivity index (χ3v) is 8.50. The maximum atomic E-state index is 13.5. The van der Waals surface area contributed by atoms with E-state index in [2.05, 4.69) is 23.2 Å². The maximum absolute atomic E-state index is 13.5. The van der Waals surface area contributed by atoms with Crippen LogP contribution in [0.25, 0.3) is 16.5 Å². The molecule has 1 N–H and O–H groups in total. The Morgan fingerprint density at radius 2 is 1.84 bits per heavy atom. The Morgan fingerprint density at radius 3 is 2.59 bits per heavy atom. The number of amides is 1. The van der Waals surface area contributed by atoms with E-state index in [1.165, 1.54) is 20.8 Å². The molecule has 2 aliphatic rings. The molecule has 0 saturated heterocycles. The van der Waals surface area contributed by atoms with Crippen molar-refractivity contribution >= 4 is 32.4 Å². The highest BCUT2D eigenvalue weighted by atomic mass is 32.2. The molecule has 0 fully saturated rings. The number of nitrogens with zero attached hydrogens (tertiary/aromatic N) is 2. The summed E-state index contributed by atoms with van der Waals surface area (Å²) < 4.78 is 27.1. The zero-order valence-corrected chi connectivity index (χ0v) is 18.9. The highest BCUT2D eigenvalue weighted by molar-refractivity contribution is 7.89. The normalized spacial score (nSPS) is 19.6. The molecule has 1 amide bonds. The number of hydrogen-bond donors (Lipinski definition) is 1. The first-order valence-electron chi connectivity index (χ1n) is 11.1. The molecule has 0 unspecified atom stereocenters. The van der Waals surface area contributed by atoms with Gasteiger partial charge in [-0.1, -0.05) is 48.5 Å². The van der Waals surface area contributed by atoms with Crippen LogP contribution in [0.15, 0.2) is 60.8 Å². The standard InChI is InChI=1S/C25H27N3O3S/c1-2-32(30,31)28-17-20-8-4-3-7-19(20)15-24(28)25(29)27-13-11-18(12-14-27)22-16-26-23-10-6-5-9-21(22)23/h3-11,16,24,26H,2,12-15,17H2,1H3/t24-/m0/s1. The summed E-state index contributed by atoms with van der Waals surface area (Å²) in [5.74, 6) is -0.116. The molecular weight excluding hydrogens is 422 g/mol. The number of carbonyl (C=O) groups excluding carboxylic acids is 1. The van der Waals surface area contributed by atoms with E-state index < -0.39 is 16.1 Å². The van der Waals surface area contributed by atoms with Crippen LogP contribution < -0.4 is 0 Å². The van der Waals surface area contributed by atoms with Crippen LogP contribution in [0.3, 0.4) is 0 Å². The second-order valence-electron chi connectivity index (χ2n) is 8.45. The molecule has 5 rings (SSSR count). The molecule has 0 bridgehead atoms. The zero-order valence-electron chi connectivity index (χ0n) is 18.1. The predicted molar refractivity (Wildman–Crippen MR) is 126 cm³/mol. The number of nitrogens with one attached hydrogen (secondary N) is 1. The number of fused-ring (bicyclic) bond motifs is 2. The second-order valence-corrected chi connectivity index (χ2v) is 10.7. The number of hydrogen-bond acceptors (Lipinski definition) is 3. The van der Waals surface area contributed by atoms with E-state index in [0.29, 0.717) is 19.5 Å². The van der Waals surface area contributed by atoms with Gasteiger partial charge < -0.3 is 9.88 Å². The Balaban J connectivity index is 1.40. The molecule has 6 nitrogen and oxygen atoms in total. The van der Waals surface area contributed by atoms with Gasteiger partial charge in [0.05, 0.1) is 5.75 Å². The number of rotatable bonds is 4. The van der Waals surface area contributed by atoms with Gasteiger partial charge in [0.1, 0.15) is 6.04 Å². The van der Waals surface area contributed by atoms with Crippen molar-refractivity contribution in [2.24, 2.45) is 0 Å². The summed E-state index contributed by atoms with van der Waals surface area (Å²) in [5.41, 5.74) is 5.53. The number of sulfonamides is 1. The van der Waals surface area contributed by atoms with E-state index in [0.717, 1.165) is 23.1 Å². The molecule has 1 atom stereocenters. The van der Waals surface area contributed by atoms with Gasteiger partial charge in [-0.2, -0.15) is 4.31 Å². The lowest BCUT2D eigenvalue weighted by molar-refractivity contribution is -0.135. The summed E-state index contributed by atoms with van der Waals surface area (Å²) >= 11 is 0. The highest BCUT2D eigenvalue weighted by Crippen LogP contribution is 2.31. The van der Waals surface area contributed by atoms with Crippen LogP contribution in [0, 0.1) is 0 Å². The van der Waals surface area contributed by atoms with Gasteiger partial charge in [-0.05, 0) is 42.5 Å². The summed E-state index contributed by atoms with van der Waals surface area (Å²) in [6.45, 7) is 2.97. The molecule has 7 heteroatoms. The SMILES string of the molecule is CCS(=O)(=O)N1Cc2ccccc2C[C@H]1C(=O)N1CC=C(c2c[nH]c3ccccc23)CC1. The minimum atomic E-state index is -3.50. The van der Waals surface area contributed by atoms with Crippen LogP contribution in [0.5, 0.6) is 0 Å². The number of aromatic nitrogens is 1. The number of H-pyrrole nitrogens is 1. The average molecular weight is 450 g/mol.